The fourth-order valence-corrected chi connectivity index (χ4v) is 3.26. The highest BCUT2D eigenvalue weighted by Gasteiger charge is 2.19. The molecule has 102 valence electrons. The lowest BCUT2D eigenvalue weighted by atomic mass is 10.1. The van der Waals surface area contributed by atoms with Gasteiger partial charge in [0, 0.05) is 17.6 Å². The molecule has 0 spiro atoms. The molecule has 0 amide bonds. The summed E-state index contributed by atoms with van der Waals surface area (Å²) >= 11 is 7.00. The molecule has 0 radical (unpaired) electrons. The molecule has 0 saturated carbocycles. The van der Waals surface area contributed by atoms with Gasteiger partial charge in [0.15, 0.2) is 11.1 Å². The number of halogens is 3. The lowest BCUT2D eigenvalue weighted by molar-refractivity contribution is 0.560. The monoisotopic (exact) mass is 366 g/mol. The summed E-state index contributed by atoms with van der Waals surface area (Å²) in [6.07, 6.45) is 0. The first-order chi connectivity index (χ1) is 8.90. The van der Waals surface area contributed by atoms with Crippen molar-refractivity contribution in [2.75, 3.05) is 0 Å². The zero-order chi connectivity index (χ0) is 14.2. The fraction of sp³-hybridized carbons (Fsp3) is 0.182. The number of nitrogens with zero attached hydrogens (tertiary/aromatic N) is 2. The second kappa shape index (κ2) is 5.70. The van der Waals surface area contributed by atoms with Gasteiger partial charge in [0.1, 0.15) is 11.5 Å². The maximum absolute atomic E-state index is 13.9. The molecule has 4 nitrogen and oxygen atoms in total. The topological polar surface area (TPSA) is 55.1 Å². The minimum Gasteiger partial charge on any atom is -0.306 e. The summed E-state index contributed by atoms with van der Waals surface area (Å²) in [5.74, 6) is -0.581. The third kappa shape index (κ3) is 3.05. The second-order valence-electron chi connectivity index (χ2n) is 3.82. The highest BCUT2D eigenvalue weighted by Crippen LogP contribution is 2.33. The maximum Gasteiger partial charge on any atom is 0.158 e. The minimum absolute atomic E-state index is 0.0840. The summed E-state index contributed by atoms with van der Waals surface area (Å²) in [6, 6.07) is 4.28. The maximum atomic E-state index is 13.9. The van der Waals surface area contributed by atoms with Crippen molar-refractivity contribution >= 4 is 38.6 Å². The summed E-state index contributed by atoms with van der Waals surface area (Å²) in [6.45, 7) is 0. The Labute approximate surface area is 125 Å². The first-order valence-corrected chi connectivity index (χ1v) is 7.59. The molecule has 1 atom stereocenters. The SMILES string of the molecule is Cn1nc(-c2ccc(Cl)cc2F)c(Br)c1CS(=O)O. The number of hydrogen-bond acceptors (Lipinski definition) is 2. The van der Waals surface area contributed by atoms with Gasteiger partial charge in [-0.3, -0.25) is 4.68 Å². The van der Waals surface area contributed by atoms with Crippen molar-refractivity contribution in [1.29, 1.82) is 0 Å². The van der Waals surface area contributed by atoms with Crippen molar-refractivity contribution in [2.24, 2.45) is 7.05 Å². The molecular weight excluding hydrogens is 359 g/mol. The van der Waals surface area contributed by atoms with Gasteiger partial charge in [-0.15, -0.1) is 0 Å². The van der Waals surface area contributed by atoms with Crippen LogP contribution in [0.1, 0.15) is 5.69 Å². The van der Waals surface area contributed by atoms with E-state index in [-0.39, 0.29) is 11.3 Å². The highest BCUT2D eigenvalue weighted by atomic mass is 79.9. The molecule has 0 saturated heterocycles. The summed E-state index contributed by atoms with van der Waals surface area (Å²) in [7, 11) is 1.63. The Kier molecular flexibility index (Phi) is 4.39. The molecule has 8 heteroatoms. The Hall–Kier alpha value is -0.760. The van der Waals surface area contributed by atoms with Gasteiger partial charge in [0.2, 0.25) is 0 Å². The minimum atomic E-state index is -1.99. The Morgan fingerprint density at radius 1 is 1.58 bits per heavy atom. The Morgan fingerprint density at radius 2 is 2.26 bits per heavy atom. The molecule has 0 aliphatic heterocycles. The second-order valence-corrected chi connectivity index (χ2v) is 5.98. The Bertz CT molecular complexity index is 662. The van der Waals surface area contributed by atoms with Crippen LogP contribution < -0.4 is 0 Å². The molecule has 2 rings (SSSR count). The molecule has 1 unspecified atom stereocenters. The predicted molar refractivity (Wildman–Crippen MR) is 75.8 cm³/mol. The molecular formula is C11H9BrClFN2O2S. The van der Waals surface area contributed by atoms with E-state index in [1.165, 1.54) is 16.8 Å². The molecule has 0 bridgehead atoms. The first-order valence-electron chi connectivity index (χ1n) is 5.14. The van der Waals surface area contributed by atoms with Crippen molar-refractivity contribution in [1.82, 2.24) is 9.78 Å². The van der Waals surface area contributed by atoms with Crippen LogP contribution in [0.5, 0.6) is 0 Å². The van der Waals surface area contributed by atoms with Gasteiger partial charge < -0.3 is 4.55 Å². The number of aryl methyl sites for hydroxylation is 1. The van der Waals surface area contributed by atoms with E-state index in [0.717, 1.165) is 0 Å². The van der Waals surface area contributed by atoms with Gasteiger partial charge in [-0.1, -0.05) is 11.6 Å². The Balaban J connectivity index is 2.54. The van der Waals surface area contributed by atoms with E-state index in [4.69, 9.17) is 16.2 Å². The van der Waals surface area contributed by atoms with E-state index in [1.54, 1.807) is 13.1 Å². The van der Waals surface area contributed by atoms with Crippen molar-refractivity contribution in [3.63, 3.8) is 0 Å². The number of rotatable bonds is 3. The van der Waals surface area contributed by atoms with Gasteiger partial charge in [0.05, 0.1) is 15.9 Å². The molecule has 1 N–H and O–H groups in total. The van der Waals surface area contributed by atoms with Gasteiger partial charge in [0.25, 0.3) is 0 Å². The van der Waals surface area contributed by atoms with Crippen molar-refractivity contribution in [3.05, 3.63) is 39.2 Å². The highest BCUT2D eigenvalue weighted by molar-refractivity contribution is 9.10. The van der Waals surface area contributed by atoms with E-state index in [2.05, 4.69) is 21.0 Å². The van der Waals surface area contributed by atoms with Crippen LogP contribution in [0, 0.1) is 5.82 Å². The summed E-state index contributed by atoms with van der Waals surface area (Å²) in [5.41, 5.74) is 1.17. The van der Waals surface area contributed by atoms with Gasteiger partial charge in [-0.2, -0.15) is 5.10 Å². The molecule has 0 aliphatic carbocycles. The largest absolute Gasteiger partial charge is 0.306 e. The third-order valence-corrected chi connectivity index (χ3v) is 4.14. The third-order valence-electron chi connectivity index (χ3n) is 2.55. The van der Waals surface area contributed by atoms with Gasteiger partial charge in [-0.05, 0) is 34.1 Å². The zero-order valence-electron chi connectivity index (χ0n) is 9.73. The molecule has 1 aromatic carbocycles. The molecule has 0 fully saturated rings. The van der Waals surface area contributed by atoms with E-state index in [0.29, 0.717) is 20.9 Å². The van der Waals surface area contributed by atoms with Crippen molar-refractivity contribution in [2.45, 2.75) is 5.75 Å². The molecule has 2 aromatic rings. The lowest BCUT2D eigenvalue weighted by Gasteiger charge is -2.01. The molecule has 1 heterocycles. The van der Waals surface area contributed by atoms with Crippen molar-refractivity contribution < 1.29 is 13.2 Å². The van der Waals surface area contributed by atoms with E-state index in [9.17, 15) is 8.60 Å². The number of hydrogen-bond donors (Lipinski definition) is 1. The standard InChI is InChI=1S/C11H9BrClFN2O2S/c1-16-9(5-19(17)18)10(12)11(15-16)7-3-2-6(13)4-8(7)14/h2-4H,5H2,1H3,(H,17,18). The average molecular weight is 368 g/mol. The average Bonchev–Trinajstić information content (AvgIpc) is 2.57. The van der Waals surface area contributed by atoms with Crippen LogP contribution in [0.3, 0.4) is 0 Å². The van der Waals surface area contributed by atoms with Crippen LogP contribution in [0.15, 0.2) is 22.7 Å². The number of aromatic nitrogens is 2. The van der Waals surface area contributed by atoms with Gasteiger partial charge in [-0.25, -0.2) is 8.60 Å². The van der Waals surface area contributed by atoms with Crippen LogP contribution in [0.2, 0.25) is 5.02 Å². The van der Waals surface area contributed by atoms with E-state index < -0.39 is 16.9 Å². The predicted octanol–water partition coefficient (Wildman–Crippen LogP) is 3.36. The van der Waals surface area contributed by atoms with Crippen LogP contribution in [-0.2, 0) is 23.9 Å². The van der Waals surface area contributed by atoms with Gasteiger partial charge >= 0.3 is 0 Å². The normalized spacial score (nSPS) is 12.7. The molecule has 0 aliphatic rings. The van der Waals surface area contributed by atoms with Crippen LogP contribution >= 0.6 is 27.5 Å². The summed E-state index contributed by atoms with van der Waals surface area (Å²) in [4.78, 5) is 0. The Morgan fingerprint density at radius 3 is 2.84 bits per heavy atom. The molecule has 1 aromatic heterocycles. The van der Waals surface area contributed by atoms with E-state index >= 15 is 0 Å². The van der Waals surface area contributed by atoms with Crippen LogP contribution in [0.4, 0.5) is 4.39 Å². The first kappa shape index (κ1) is 14.6. The summed E-state index contributed by atoms with van der Waals surface area (Å²) < 4.78 is 35.6. The summed E-state index contributed by atoms with van der Waals surface area (Å²) in [5, 5.41) is 4.46. The smallest absolute Gasteiger partial charge is 0.158 e. The van der Waals surface area contributed by atoms with Crippen molar-refractivity contribution in [3.8, 4) is 11.3 Å². The zero-order valence-corrected chi connectivity index (χ0v) is 12.9. The van der Waals surface area contributed by atoms with Crippen LogP contribution in [-0.4, -0.2) is 18.5 Å². The van der Waals surface area contributed by atoms with Crippen LogP contribution in [0.25, 0.3) is 11.3 Å². The lowest BCUT2D eigenvalue weighted by Crippen LogP contribution is -2.02. The number of benzene rings is 1. The molecule has 19 heavy (non-hydrogen) atoms. The fourth-order valence-electron chi connectivity index (χ4n) is 1.66. The van der Waals surface area contributed by atoms with E-state index in [1.807, 2.05) is 0 Å². The quantitative estimate of drug-likeness (QED) is 0.846.